The minimum atomic E-state index is -1.50. The molecule has 0 saturated carbocycles. The van der Waals surface area contributed by atoms with Crippen LogP contribution in [0.3, 0.4) is 0 Å². The van der Waals surface area contributed by atoms with Gasteiger partial charge in [0.2, 0.25) is 0 Å². The van der Waals surface area contributed by atoms with E-state index < -0.39 is 7.12 Å². The van der Waals surface area contributed by atoms with E-state index in [1.165, 1.54) is 16.7 Å². The monoisotopic (exact) mass is 377 g/mol. The Bertz CT molecular complexity index is 893. The van der Waals surface area contributed by atoms with Gasteiger partial charge in [-0.1, -0.05) is 43.3 Å². The normalized spacial score (nSPS) is 11.9. The lowest BCUT2D eigenvalue weighted by atomic mass is 9.77. The number of nitrogens with zero attached hydrogens (tertiary/aromatic N) is 1. The van der Waals surface area contributed by atoms with Crippen molar-refractivity contribution in [3.63, 3.8) is 0 Å². The van der Waals surface area contributed by atoms with Gasteiger partial charge in [0.25, 0.3) is 0 Å². The summed E-state index contributed by atoms with van der Waals surface area (Å²) in [5.74, 6) is 0. The number of anilines is 1. The zero-order chi connectivity index (χ0) is 19.4. The molecule has 3 nitrogen and oxygen atoms in total. The largest absolute Gasteiger partial charge is 0.488 e. The molecule has 0 atom stereocenters. The Kier molecular flexibility index (Phi) is 6.17. The molecule has 0 aliphatic carbocycles. The van der Waals surface area contributed by atoms with Crippen LogP contribution >= 0.6 is 11.3 Å². The van der Waals surface area contributed by atoms with E-state index in [4.69, 9.17) is 0 Å². The molecule has 2 N–H and O–H groups in total. The van der Waals surface area contributed by atoms with Gasteiger partial charge in [0.15, 0.2) is 0 Å². The molecule has 1 aromatic heterocycles. The number of hydrogen-bond donors (Lipinski definition) is 2. The Morgan fingerprint density at radius 1 is 0.963 bits per heavy atom. The van der Waals surface area contributed by atoms with Crippen molar-refractivity contribution < 1.29 is 10.0 Å². The first kappa shape index (κ1) is 19.4. The number of rotatable bonds is 6. The summed E-state index contributed by atoms with van der Waals surface area (Å²) in [5.41, 5.74) is 7.17. The van der Waals surface area contributed by atoms with E-state index in [0.717, 1.165) is 23.2 Å². The molecule has 0 aliphatic heterocycles. The molecule has 3 aromatic rings. The predicted molar refractivity (Wildman–Crippen MR) is 118 cm³/mol. The number of benzene rings is 2. The van der Waals surface area contributed by atoms with E-state index in [1.807, 2.05) is 49.3 Å². The van der Waals surface area contributed by atoms with Crippen molar-refractivity contribution in [2.45, 2.75) is 13.3 Å². The fourth-order valence-electron chi connectivity index (χ4n) is 3.27. The van der Waals surface area contributed by atoms with Crippen molar-refractivity contribution >= 4 is 40.8 Å². The molecule has 0 fully saturated rings. The first-order chi connectivity index (χ1) is 13.0. The van der Waals surface area contributed by atoms with Crippen LogP contribution in [0.25, 0.3) is 11.1 Å². The van der Waals surface area contributed by atoms with Crippen molar-refractivity contribution in [3.05, 3.63) is 82.0 Å². The molecular formula is C22H24BNO2S. The van der Waals surface area contributed by atoms with E-state index in [0.29, 0.717) is 5.46 Å². The van der Waals surface area contributed by atoms with Gasteiger partial charge in [0.05, 0.1) is 0 Å². The summed E-state index contributed by atoms with van der Waals surface area (Å²) in [6.07, 6.45) is 0.831. The SMILES string of the molecule is CC/C(=C(/c1ccccc1)c1ccsc1)c1cc(B(O)O)cc(N(C)C)c1. The molecule has 27 heavy (non-hydrogen) atoms. The Labute approximate surface area is 165 Å². The Morgan fingerprint density at radius 3 is 2.26 bits per heavy atom. The van der Waals surface area contributed by atoms with Crippen LogP contribution in [0.1, 0.15) is 30.0 Å². The van der Waals surface area contributed by atoms with Crippen LogP contribution in [-0.4, -0.2) is 31.3 Å². The third-order valence-electron chi connectivity index (χ3n) is 4.63. The highest BCUT2D eigenvalue weighted by Crippen LogP contribution is 2.35. The van der Waals surface area contributed by atoms with Gasteiger partial charge in [-0.15, -0.1) is 0 Å². The molecule has 3 rings (SSSR count). The lowest BCUT2D eigenvalue weighted by molar-refractivity contribution is 0.426. The third-order valence-corrected chi connectivity index (χ3v) is 5.31. The molecular weight excluding hydrogens is 353 g/mol. The van der Waals surface area contributed by atoms with Crippen LogP contribution in [0.4, 0.5) is 5.69 Å². The van der Waals surface area contributed by atoms with Crippen molar-refractivity contribution in [2.24, 2.45) is 0 Å². The molecule has 0 radical (unpaired) electrons. The van der Waals surface area contributed by atoms with Crippen molar-refractivity contribution in [2.75, 3.05) is 19.0 Å². The molecule has 0 saturated heterocycles. The van der Waals surface area contributed by atoms with Gasteiger partial charge in [-0.25, -0.2) is 0 Å². The Balaban J connectivity index is 2.29. The topological polar surface area (TPSA) is 43.7 Å². The lowest BCUT2D eigenvalue weighted by Crippen LogP contribution is -2.31. The maximum Gasteiger partial charge on any atom is 0.488 e. The maximum atomic E-state index is 9.77. The zero-order valence-electron chi connectivity index (χ0n) is 15.9. The van der Waals surface area contributed by atoms with Gasteiger partial charge >= 0.3 is 7.12 Å². The summed E-state index contributed by atoms with van der Waals surface area (Å²) >= 11 is 1.68. The molecule has 1 heterocycles. The highest BCUT2D eigenvalue weighted by molar-refractivity contribution is 7.08. The van der Waals surface area contributed by atoms with E-state index in [9.17, 15) is 10.0 Å². The lowest BCUT2D eigenvalue weighted by Gasteiger charge is -2.20. The second-order valence-electron chi connectivity index (χ2n) is 6.67. The molecule has 0 unspecified atom stereocenters. The van der Waals surface area contributed by atoms with E-state index in [-0.39, 0.29) is 0 Å². The van der Waals surface area contributed by atoms with Crippen molar-refractivity contribution in [1.29, 1.82) is 0 Å². The number of allylic oxidation sites excluding steroid dienone is 1. The summed E-state index contributed by atoms with van der Waals surface area (Å²) in [6.45, 7) is 2.14. The Morgan fingerprint density at radius 2 is 1.70 bits per heavy atom. The molecule has 5 heteroatoms. The van der Waals surface area contributed by atoms with Gasteiger partial charge in [-0.05, 0) is 68.7 Å². The summed E-state index contributed by atoms with van der Waals surface area (Å²) in [7, 11) is 2.42. The van der Waals surface area contributed by atoms with Gasteiger partial charge in [0, 0.05) is 19.8 Å². The zero-order valence-corrected chi connectivity index (χ0v) is 16.7. The minimum absolute atomic E-state index is 0.500. The average molecular weight is 377 g/mol. The fourth-order valence-corrected chi connectivity index (χ4v) is 3.91. The molecule has 0 spiro atoms. The van der Waals surface area contributed by atoms with Crippen LogP contribution in [0.5, 0.6) is 0 Å². The molecule has 0 aliphatic rings. The predicted octanol–water partition coefficient (Wildman–Crippen LogP) is 3.86. The summed E-state index contributed by atoms with van der Waals surface area (Å²) < 4.78 is 0. The molecule has 2 aromatic carbocycles. The molecule has 138 valence electrons. The quantitative estimate of drug-likeness (QED) is 0.506. The number of hydrogen-bond acceptors (Lipinski definition) is 4. The van der Waals surface area contributed by atoms with Gasteiger partial charge in [-0.3, -0.25) is 0 Å². The van der Waals surface area contributed by atoms with Crippen molar-refractivity contribution in [1.82, 2.24) is 0 Å². The first-order valence-corrected chi connectivity index (χ1v) is 9.95. The molecule has 0 amide bonds. The highest BCUT2D eigenvalue weighted by atomic mass is 32.1. The standard InChI is InChI=1S/C22H24BNO2S/c1-4-21(18-12-19(23(25)26)14-20(13-18)24(2)3)22(17-10-11-27-15-17)16-8-6-5-7-9-16/h5-15,25-26H,4H2,1-3H3/b22-21+. The van der Waals surface area contributed by atoms with Crippen LogP contribution < -0.4 is 10.4 Å². The van der Waals surface area contributed by atoms with Crippen LogP contribution in [0.15, 0.2) is 65.4 Å². The second-order valence-corrected chi connectivity index (χ2v) is 7.45. The van der Waals surface area contributed by atoms with Gasteiger partial charge in [-0.2, -0.15) is 11.3 Å². The summed E-state index contributed by atoms with van der Waals surface area (Å²) in [6, 6.07) is 18.3. The fraction of sp³-hybridized carbons (Fsp3) is 0.182. The maximum absolute atomic E-state index is 9.77. The summed E-state index contributed by atoms with van der Waals surface area (Å²) in [4.78, 5) is 1.98. The van der Waals surface area contributed by atoms with Crippen molar-refractivity contribution in [3.8, 4) is 0 Å². The third kappa shape index (κ3) is 4.33. The van der Waals surface area contributed by atoms with E-state index in [1.54, 1.807) is 11.3 Å². The van der Waals surface area contributed by atoms with Crippen LogP contribution in [0.2, 0.25) is 0 Å². The van der Waals surface area contributed by atoms with E-state index in [2.05, 4.69) is 41.9 Å². The van der Waals surface area contributed by atoms with Gasteiger partial charge in [0.1, 0.15) is 0 Å². The highest BCUT2D eigenvalue weighted by Gasteiger charge is 2.18. The van der Waals surface area contributed by atoms with E-state index >= 15 is 0 Å². The summed E-state index contributed by atoms with van der Waals surface area (Å²) in [5, 5.41) is 23.8. The van der Waals surface area contributed by atoms with Gasteiger partial charge < -0.3 is 14.9 Å². The van der Waals surface area contributed by atoms with Crippen LogP contribution in [-0.2, 0) is 0 Å². The molecule has 0 bridgehead atoms. The smallest absolute Gasteiger partial charge is 0.423 e. The first-order valence-electron chi connectivity index (χ1n) is 9.01. The average Bonchev–Trinajstić information content (AvgIpc) is 3.20. The minimum Gasteiger partial charge on any atom is -0.423 e. The van der Waals surface area contributed by atoms with Crippen LogP contribution in [0, 0.1) is 0 Å². The second kappa shape index (κ2) is 8.57. The Hall–Kier alpha value is -2.34. The number of thiophene rings is 1.